The number of rotatable bonds is 9. The number of morpholine rings is 1. The topological polar surface area (TPSA) is 47.4 Å². The minimum Gasteiger partial charge on any atom is -0.379 e. The molecular formula is C29H31N3O2. The molecule has 0 bridgehead atoms. The number of nitrogens with zero attached hydrogens (tertiary/aromatic N) is 3. The average molecular weight is 454 g/mol. The zero-order valence-corrected chi connectivity index (χ0v) is 19.5. The Morgan fingerprint density at radius 2 is 1.74 bits per heavy atom. The van der Waals surface area contributed by atoms with E-state index in [1.165, 1.54) is 16.5 Å². The number of aromatic nitrogens is 2. The van der Waals surface area contributed by atoms with Crippen LogP contribution in [0.5, 0.6) is 0 Å². The fourth-order valence-corrected chi connectivity index (χ4v) is 4.69. The number of carbonyl (C=O) groups is 1. The molecule has 3 heterocycles. The summed E-state index contributed by atoms with van der Waals surface area (Å²) in [5.74, 6) is 0.258. The Morgan fingerprint density at radius 3 is 2.53 bits per heavy atom. The van der Waals surface area contributed by atoms with Gasteiger partial charge in [-0.2, -0.15) is 0 Å². The molecule has 0 radical (unpaired) electrons. The number of para-hydroxylation sites is 1. The van der Waals surface area contributed by atoms with E-state index >= 15 is 0 Å². The third-order valence-electron chi connectivity index (χ3n) is 6.63. The van der Waals surface area contributed by atoms with Gasteiger partial charge in [-0.1, -0.05) is 36.4 Å². The summed E-state index contributed by atoms with van der Waals surface area (Å²) in [4.78, 5) is 19.1. The number of ketones is 1. The van der Waals surface area contributed by atoms with Crippen LogP contribution < -0.4 is 0 Å². The van der Waals surface area contributed by atoms with Gasteiger partial charge in [0.2, 0.25) is 0 Å². The van der Waals surface area contributed by atoms with Crippen LogP contribution in [0.15, 0.2) is 79.3 Å². The summed E-state index contributed by atoms with van der Waals surface area (Å²) in [7, 11) is 0. The molecule has 2 aromatic heterocycles. The van der Waals surface area contributed by atoms with E-state index in [4.69, 9.17) is 4.74 Å². The fraction of sp³-hybridized carbons (Fsp3) is 0.310. The smallest absolute Gasteiger partial charge is 0.137 e. The van der Waals surface area contributed by atoms with Gasteiger partial charge in [0.15, 0.2) is 0 Å². The minimum atomic E-state index is 0.258. The van der Waals surface area contributed by atoms with Crippen LogP contribution in [0.1, 0.15) is 23.1 Å². The summed E-state index contributed by atoms with van der Waals surface area (Å²) in [5.41, 5.74) is 5.89. The maximum atomic E-state index is 12.5. The van der Waals surface area contributed by atoms with E-state index < -0.39 is 0 Å². The summed E-state index contributed by atoms with van der Waals surface area (Å²) in [5, 5.41) is 1.31. The molecule has 34 heavy (non-hydrogen) atoms. The van der Waals surface area contributed by atoms with Crippen molar-refractivity contribution < 1.29 is 9.53 Å². The largest absolute Gasteiger partial charge is 0.379 e. The van der Waals surface area contributed by atoms with Crippen LogP contribution in [0.4, 0.5) is 0 Å². The molecule has 0 unspecified atom stereocenters. The summed E-state index contributed by atoms with van der Waals surface area (Å²) < 4.78 is 7.76. The van der Waals surface area contributed by atoms with E-state index in [1.807, 2.05) is 18.3 Å². The molecule has 0 aliphatic carbocycles. The first-order chi connectivity index (χ1) is 16.8. The van der Waals surface area contributed by atoms with Crippen LogP contribution in [-0.4, -0.2) is 53.1 Å². The maximum Gasteiger partial charge on any atom is 0.137 e. The van der Waals surface area contributed by atoms with Gasteiger partial charge in [0.05, 0.1) is 18.7 Å². The molecular weight excluding hydrogens is 422 g/mol. The van der Waals surface area contributed by atoms with Gasteiger partial charge in [-0.3, -0.25) is 14.7 Å². The fourth-order valence-electron chi connectivity index (χ4n) is 4.69. The number of aryl methyl sites for hydroxylation is 1. The molecule has 2 aromatic carbocycles. The number of benzene rings is 2. The van der Waals surface area contributed by atoms with Crippen molar-refractivity contribution in [3.8, 4) is 5.69 Å². The molecule has 1 saturated heterocycles. The molecule has 0 amide bonds. The van der Waals surface area contributed by atoms with Crippen molar-refractivity contribution in [2.75, 3.05) is 32.8 Å². The molecule has 5 nitrogen and oxygen atoms in total. The van der Waals surface area contributed by atoms with Gasteiger partial charge in [-0.05, 0) is 53.8 Å². The predicted octanol–water partition coefficient (Wildman–Crippen LogP) is 4.64. The molecule has 1 aliphatic heterocycles. The van der Waals surface area contributed by atoms with Crippen molar-refractivity contribution in [2.45, 2.75) is 25.7 Å². The maximum absolute atomic E-state index is 12.5. The number of hydrogen-bond donors (Lipinski definition) is 0. The highest BCUT2D eigenvalue weighted by molar-refractivity contribution is 5.86. The number of pyridine rings is 1. The van der Waals surface area contributed by atoms with Gasteiger partial charge in [0.25, 0.3) is 0 Å². The molecule has 0 saturated carbocycles. The molecule has 5 heteroatoms. The van der Waals surface area contributed by atoms with Crippen LogP contribution in [0.3, 0.4) is 0 Å². The van der Waals surface area contributed by atoms with Crippen LogP contribution in [0, 0.1) is 0 Å². The molecule has 1 aliphatic rings. The zero-order chi connectivity index (χ0) is 23.2. The Hall–Kier alpha value is -3.28. The highest BCUT2D eigenvalue weighted by Gasteiger charge is 2.14. The zero-order valence-electron chi connectivity index (χ0n) is 19.5. The third-order valence-corrected chi connectivity index (χ3v) is 6.63. The lowest BCUT2D eigenvalue weighted by Crippen LogP contribution is -2.37. The molecule has 174 valence electrons. The van der Waals surface area contributed by atoms with E-state index in [1.54, 1.807) is 6.20 Å². The average Bonchev–Trinajstić information content (AvgIpc) is 3.27. The quantitative estimate of drug-likeness (QED) is 0.370. The first-order valence-corrected chi connectivity index (χ1v) is 12.2. The Bertz CT molecular complexity index is 1230. The first-order valence-electron chi connectivity index (χ1n) is 12.2. The molecule has 4 aromatic rings. The second-order valence-electron chi connectivity index (χ2n) is 8.99. The van der Waals surface area contributed by atoms with Crippen molar-refractivity contribution in [1.29, 1.82) is 0 Å². The van der Waals surface area contributed by atoms with Gasteiger partial charge < -0.3 is 9.30 Å². The number of ether oxygens (including phenoxy) is 1. The van der Waals surface area contributed by atoms with Gasteiger partial charge in [-0.15, -0.1) is 0 Å². The van der Waals surface area contributed by atoms with Crippen LogP contribution in [-0.2, 0) is 28.8 Å². The molecule has 1 fully saturated rings. The summed E-state index contributed by atoms with van der Waals surface area (Å²) in [6.45, 7) is 4.75. The van der Waals surface area contributed by atoms with E-state index in [9.17, 15) is 4.79 Å². The second kappa shape index (κ2) is 10.8. The van der Waals surface area contributed by atoms with Crippen molar-refractivity contribution in [3.05, 3.63) is 95.9 Å². The lowest BCUT2D eigenvalue weighted by molar-refractivity contribution is -0.118. The molecule has 5 rings (SSSR count). The van der Waals surface area contributed by atoms with Gasteiger partial charge in [-0.25, -0.2) is 0 Å². The summed E-state index contributed by atoms with van der Waals surface area (Å²) in [6.07, 6.45) is 8.65. The van der Waals surface area contributed by atoms with Gasteiger partial charge in [0, 0.05) is 62.1 Å². The molecule has 0 spiro atoms. The van der Waals surface area contributed by atoms with Crippen LogP contribution >= 0.6 is 0 Å². The van der Waals surface area contributed by atoms with E-state index in [0.717, 1.165) is 62.5 Å². The highest BCUT2D eigenvalue weighted by Crippen LogP contribution is 2.26. The standard InChI is InChI=1S/C29H31N3O2/c33-27(12-9-24-4-3-14-30-21-24)20-23-7-10-26(11-8-23)32-22-25(28-5-1-2-6-29(28)32)13-15-31-16-18-34-19-17-31/h1-8,10-11,14,21-22H,9,12-13,15-20H2. The summed E-state index contributed by atoms with van der Waals surface area (Å²) >= 11 is 0. The lowest BCUT2D eigenvalue weighted by Gasteiger charge is -2.26. The number of hydrogen-bond acceptors (Lipinski definition) is 4. The van der Waals surface area contributed by atoms with Gasteiger partial charge in [0.1, 0.15) is 5.78 Å². The van der Waals surface area contributed by atoms with Crippen molar-refractivity contribution >= 4 is 16.7 Å². The van der Waals surface area contributed by atoms with Crippen LogP contribution in [0.25, 0.3) is 16.6 Å². The van der Waals surface area contributed by atoms with Crippen molar-refractivity contribution in [1.82, 2.24) is 14.5 Å². The Balaban J connectivity index is 1.26. The van der Waals surface area contributed by atoms with E-state index in [0.29, 0.717) is 12.8 Å². The Morgan fingerprint density at radius 1 is 0.912 bits per heavy atom. The lowest BCUT2D eigenvalue weighted by atomic mass is 10.0. The first kappa shape index (κ1) is 22.5. The summed E-state index contributed by atoms with van der Waals surface area (Å²) in [6, 6.07) is 21.0. The monoisotopic (exact) mass is 453 g/mol. The predicted molar refractivity (Wildman–Crippen MR) is 136 cm³/mol. The van der Waals surface area contributed by atoms with E-state index in [-0.39, 0.29) is 5.78 Å². The van der Waals surface area contributed by atoms with Gasteiger partial charge >= 0.3 is 0 Å². The number of carbonyl (C=O) groups excluding carboxylic acids is 1. The SMILES string of the molecule is O=C(CCc1cccnc1)Cc1ccc(-n2cc(CCN3CCOCC3)c3ccccc32)cc1. The second-order valence-corrected chi connectivity index (χ2v) is 8.99. The van der Waals surface area contributed by atoms with E-state index in [2.05, 4.69) is 69.2 Å². The molecule has 0 atom stereocenters. The number of fused-ring (bicyclic) bond motifs is 1. The normalized spacial score (nSPS) is 14.5. The van der Waals surface area contributed by atoms with Crippen molar-refractivity contribution in [3.63, 3.8) is 0 Å². The van der Waals surface area contributed by atoms with Crippen molar-refractivity contribution in [2.24, 2.45) is 0 Å². The number of Topliss-reactive ketones (excluding diaryl/α,β-unsaturated/α-hetero) is 1. The highest BCUT2D eigenvalue weighted by atomic mass is 16.5. The molecule has 0 N–H and O–H groups in total. The minimum absolute atomic E-state index is 0.258. The Labute approximate surface area is 201 Å². The third kappa shape index (κ3) is 5.44. The van der Waals surface area contributed by atoms with Crippen LogP contribution in [0.2, 0.25) is 0 Å². The Kier molecular flexibility index (Phi) is 7.13.